The van der Waals surface area contributed by atoms with Crippen LogP contribution >= 0.6 is 0 Å². The quantitative estimate of drug-likeness (QED) is 0.661. The number of rotatable bonds is 4. The van der Waals surface area contributed by atoms with Crippen molar-refractivity contribution in [3.8, 4) is 0 Å². The van der Waals surface area contributed by atoms with Crippen molar-refractivity contribution in [2.75, 3.05) is 11.1 Å². The van der Waals surface area contributed by atoms with E-state index in [1.165, 1.54) is 0 Å². The van der Waals surface area contributed by atoms with Crippen LogP contribution in [-0.4, -0.2) is 33.0 Å². The van der Waals surface area contributed by atoms with Crippen LogP contribution in [0.5, 0.6) is 0 Å². The lowest BCUT2D eigenvalue weighted by Gasteiger charge is -2.09. The molecule has 1 aromatic heterocycles. The van der Waals surface area contributed by atoms with E-state index in [2.05, 4.69) is 25.8 Å². The van der Waals surface area contributed by atoms with Gasteiger partial charge in [0.2, 0.25) is 11.8 Å². The molecule has 1 aromatic carbocycles. The first-order valence-corrected chi connectivity index (χ1v) is 6.36. The number of carbonyl (C=O) groups is 2. The number of nitrogen functional groups attached to an aromatic ring is 1. The normalized spacial score (nSPS) is 10.4. The highest BCUT2D eigenvalue weighted by atomic mass is 16.2. The summed E-state index contributed by atoms with van der Waals surface area (Å²) in [6, 6.07) is 6.58. The molecule has 0 saturated carbocycles. The largest absolute Gasteiger partial charge is 0.366 e. The van der Waals surface area contributed by atoms with E-state index in [4.69, 9.17) is 5.73 Å². The second kappa shape index (κ2) is 6.04. The number of nitrogens with zero attached hydrogens (tertiary/aromatic N) is 2. The first-order chi connectivity index (χ1) is 9.95. The molecule has 2 aromatic rings. The number of hydrogen-bond acceptors (Lipinski definition) is 5. The van der Waals surface area contributed by atoms with Gasteiger partial charge in [0.05, 0.1) is 0 Å². The van der Waals surface area contributed by atoms with Gasteiger partial charge in [0.1, 0.15) is 0 Å². The minimum Gasteiger partial charge on any atom is -0.366 e. The van der Waals surface area contributed by atoms with Gasteiger partial charge >= 0.3 is 0 Å². The summed E-state index contributed by atoms with van der Waals surface area (Å²) in [6.45, 7) is 3.77. The fourth-order valence-corrected chi connectivity index (χ4v) is 1.62. The molecule has 2 rings (SSSR count). The molecule has 8 heteroatoms. The zero-order valence-electron chi connectivity index (χ0n) is 11.7. The van der Waals surface area contributed by atoms with E-state index in [0.29, 0.717) is 11.3 Å². The number of amides is 2. The van der Waals surface area contributed by atoms with Gasteiger partial charge in [-0.3, -0.25) is 14.7 Å². The molecule has 0 aliphatic heterocycles. The Labute approximate surface area is 121 Å². The van der Waals surface area contributed by atoms with Crippen LogP contribution in [0.1, 0.15) is 34.8 Å². The average Bonchev–Trinajstić information content (AvgIpc) is 2.85. The van der Waals surface area contributed by atoms with Gasteiger partial charge in [-0.05, 0) is 38.1 Å². The first kappa shape index (κ1) is 14.5. The van der Waals surface area contributed by atoms with E-state index >= 15 is 0 Å². The molecule has 0 atom stereocenters. The molecular formula is C13H16N6O2. The van der Waals surface area contributed by atoms with Gasteiger partial charge in [-0.25, -0.2) is 0 Å². The van der Waals surface area contributed by atoms with E-state index in [9.17, 15) is 9.59 Å². The number of benzene rings is 1. The van der Waals surface area contributed by atoms with Crippen LogP contribution in [0.4, 0.5) is 11.6 Å². The lowest BCUT2D eigenvalue weighted by molar-refractivity contribution is 0.0942. The topological polar surface area (TPSA) is 126 Å². The van der Waals surface area contributed by atoms with E-state index in [1.54, 1.807) is 24.3 Å². The molecular weight excluding hydrogens is 272 g/mol. The molecule has 110 valence electrons. The standard InChI is InChI=1S/C13H16N6O2/c1-7(2)15-11(20)8-3-5-9(6-4-8)16-12(21)10-17-13(14)19-18-10/h3-7H,1-2H3,(H,15,20)(H,16,21)(H3,14,17,18,19). The smallest absolute Gasteiger partial charge is 0.293 e. The number of aromatic amines is 1. The summed E-state index contributed by atoms with van der Waals surface area (Å²) in [7, 11) is 0. The zero-order chi connectivity index (χ0) is 15.4. The third-order valence-corrected chi connectivity index (χ3v) is 2.54. The maximum atomic E-state index is 11.8. The summed E-state index contributed by atoms with van der Waals surface area (Å²) < 4.78 is 0. The summed E-state index contributed by atoms with van der Waals surface area (Å²) in [4.78, 5) is 27.3. The van der Waals surface area contributed by atoms with E-state index in [-0.39, 0.29) is 23.7 Å². The maximum absolute atomic E-state index is 11.8. The molecule has 0 unspecified atom stereocenters. The van der Waals surface area contributed by atoms with Crippen LogP contribution < -0.4 is 16.4 Å². The molecule has 0 bridgehead atoms. The number of anilines is 2. The van der Waals surface area contributed by atoms with Crippen LogP contribution in [0, 0.1) is 0 Å². The summed E-state index contributed by atoms with van der Waals surface area (Å²) in [6.07, 6.45) is 0. The van der Waals surface area contributed by atoms with Crippen LogP contribution in [0.3, 0.4) is 0 Å². The highest BCUT2D eigenvalue weighted by Gasteiger charge is 2.11. The molecule has 5 N–H and O–H groups in total. The summed E-state index contributed by atoms with van der Waals surface area (Å²) in [5, 5.41) is 11.4. The number of nitrogens with one attached hydrogen (secondary N) is 3. The highest BCUT2D eigenvalue weighted by molar-refractivity contribution is 6.02. The molecule has 0 spiro atoms. The Kier molecular flexibility index (Phi) is 4.17. The van der Waals surface area contributed by atoms with Crippen molar-refractivity contribution in [2.45, 2.75) is 19.9 Å². The lowest BCUT2D eigenvalue weighted by Crippen LogP contribution is -2.30. The molecule has 8 nitrogen and oxygen atoms in total. The molecule has 0 fully saturated rings. The summed E-state index contributed by atoms with van der Waals surface area (Å²) >= 11 is 0. The zero-order valence-corrected chi connectivity index (χ0v) is 11.7. The Morgan fingerprint density at radius 1 is 1.19 bits per heavy atom. The molecule has 0 aliphatic carbocycles. The second-order valence-corrected chi connectivity index (χ2v) is 4.70. The van der Waals surface area contributed by atoms with Crippen LogP contribution in [0.15, 0.2) is 24.3 Å². The molecule has 21 heavy (non-hydrogen) atoms. The van der Waals surface area contributed by atoms with Gasteiger partial charge in [-0.2, -0.15) is 4.98 Å². The molecule has 0 aliphatic rings. The van der Waals surface area contributed by atoms with Crippen molar-refractivity contribution >= 4 is 23.5 Å². The third-order valence-electron chi connectivity index (χ3n) is 2.54. The first-order valence-electron chi connectivity index (χ1n) is 6.36. The predicted molar refractivity (Wildman–Crippen MR) is 77.8 cm³/mol. The minimum atomic E-state index is -0.460. The SMILES string of the molecule is CC(C)NC(=O)c1ccc(NC(=O)c2nc(N)n[nH]2)cc1. The van der Waals surface area contributed by atoms with Crippen molar-refractivity contribution in [1.29, 1.82) is 0 Å². The molecule has 0 radical (unpaired) electrons. The maximum Gasteiger partial charge on any atom is 0.293 e. The Hall–Kier alpha value is -2.90. The fraction of sp³-hybridized carbons (Fsp3) is 0.231. The van der Waals surface area contributed by atoms with Gasteiger partial charge in [0.25, 0.3) is 11.8 Å². The molecule has 0 saturated heterocycles. The van der Waals surface area contributed by atoms with E-state index in [0.717, 1.165) is 0 Å². The second-order valence-electron chi connectivity index (χ2n) is 4.70. The Bertz CT molecular complexity index is 647. The number of carbonyl (C=O) groups excluding carboxylic acids is 2. The van der Waals surface area contributed by atoms with Gasteiger partial charge in [0, 0.05) is 17.3 Å². The van der Waals surface area contributed by atoms with Crippen molar-refractivity contribution < 1.29 is 9.59 Å². The minimum absolute atomic E-state index is 0.000791. The van der Waals surface area contributed by atoms with Gasteiger partial charge in [-0.1, -0.05) is 0 Å². The Morgan fingerprint density at radius 2 is 1.86 bits per heavy atom. The van der Waals surface area contributed by atoms with Crippen molar-refractivity contribution in [3.63, 3.8) is 0 Å². The number of H-pyrrole nitrogens is 1. The van der Waals surface area contributed by atoms with Crippen molar-refractivity contribution in [2.24, 2.45) is 0 Å². The van der Waals surface area contributed by atoms with Gasteiger partial charge in [0.15, 0.2) is 0 Å². The number of aromatic nitrogens is 3. The van der Waals surface area contributed by atoms with Crippen molar-refractivity contribution in [1.82, 2.24) is 20.5 Å². The fourth-order valence-electron chi connectivity index (χ4n) is 1.62. The average molecular weight is 288 g/mol. The van der Waals surface area contributed by atoms with Crippen LogP contribution in [0.2, 0.25) is 0 Å². The van der Waals surface area contributed by atoms with Crippen molar-refractivity contribution in [3.05, 3.63) is 35.7 Å². The lowest BCUT2D eigenvalue weighted by atomic mass is 10.2. The van der Waals surface area contributed by atoms with Crippen LogP contribution in [0.25, 0.3) is 0 Å². The predicted octanol–water partition coefficient (Wildman–Crippen LogP) is 0.777. The van der Waals surface area contributed by atoms with Gasteiger partial charge < -0.3 is 16.4 Å². The molecule has 2 amide bonds. The number of nitrogens with two attached hydrogens (primary N) is 1. The summed E-state index contributed by atoms with van der Waals surface area (Å²) in [5.41, 5.74) is 6.38. The summed E-state index contributed by atoms with van der Waals surface area (Å²) in [5.74, 6) is -0.598. The molecule has 1 heterocycles. The van der Waals surface area contributed by atoms with E-state index in [1.807, 2.05) is 13.8 Å². The van der Waals surface area contributed by atoms with Crippen LogP contribution in [-0.2, 0) is 0 Å². The monoisotopic (exact) mass is 288 g/mol. The Morgan fingerprint density at radius 3 is 2.38 bits per heavy atom. The Balaban J connectivity index is 2.02. The highest BCUT2D eigenvalue weighted by Crippen LogP contribution is 2.11. The van der Waals surface area contributed by atoms with E-state index < -0.39 is 5.91 Å². The van der Waals surface area contributed by atoms with Gasteiger partial charge in [-0.15, -0.1) is 5.10 Å². The number of hydrogen-bond donors (Lipinski definition) is 4. The third kappa shape index (κ3) is 3.78.